The van der Waals surface area contributed by atoms with E-state index in [0.717, 1.165) is 6.07 Å². The van der Waals surface area contributed by atoms with Gasteiger partial charge in [0.1, 0.15) is 12.4 Å². The van der Waals surface area contributed by atoms with Crippen molar-refractivity contribution >= 4 is 18.1 Å². The highest BCUT2D eigenvalue weighted by atomic mass is 19.4. The van der Waals surface area contributed by atoms with Gasteiger partial charge in [0, 0.05) is 5.69 Å². The summed E-state index contributed by atoms with van der Waals surface area (Å²) in [7, 11) is 0. The number of rotatable bonds is 4. The van der Waals surface area contributed by atoms with E-state index in [0.29, 0.717) is 11.6 Å². The van der Waals surface area contributed by atoms with Gasteiger partial charge in [-0.15, -0.1) is 0 Å². The second-order valence-electron chi connectivity index (χ2n) is 4.73. The van der Waals surface area contributed by atoms with Gasteiger partial charge in [-0.3, -0.25) is 10.1 Å². The third-order valence-electron chi connectivity index (χ3n) is 2.99. The zero-order valence-electron chi connectivity index (χ0n) is 12.1. The van der Waals surface area contributed by atoms with E-state index in [9.17, 15) is 27.2 Å². The molecule has 0 atom stereocenters. The van der Waals surface area contributed by atoms with Gasteiger partial charge in [0.15, 0.2) is 6.29 Å². The number of alkyl halides is 3. The first-order valence-corrected chi connectivity index (χ1v) is 6.65. The minimum absolute atomic E-state index is 0.0644. The quantitative estimate of drug-likeness (QED) is 0.662. The van der Waals surface area contributed by atoms with Crippen molar-refractivity contribution in [2.24, 2.45) is 0 Å². The Labute approximate surface area is 134 Å². The Kier molecular flexibility index (Phi) is 5.18. The summed E-state index contributed by atoms with van der Waals surface area (Å²) in [5.74, 6) is -1.69. The fourth-order valence-corrected chi connectivity index (χ4v) is 1.89. The molecule has 1 N–H and O–H groups in total. The number of hydrogen-bond donors (Lipinski definition) is 1. The van der Waals surface area contributed by atoms with Gasteiger partial charge in [-0.2, -0.15) is 13.2 Å². The number of aldehydes is 1. The van der Waals surface area contributed by atoms with Gasteiger partial charge in [-0.05, 0) is 17.7 Å². The lowest BCUT2D eigenvalue weighted by molar-refractivity contribution is -0.139. The Bertz CT molecular complexity index is 745. The van der Waals surface area contributed by atoms with Gasteiger partial charge < -0.3 is 4.74 Å². The Morgan fingerprint density at radius 1 is 1.17 bits per heavy atom. The average molecular weight is 341 g/mol. The molecule has 0 aliphatic carbocycles. The van der Waals surface area contributed by atoms with E-state index < -0.39 is 34.9 Å². The number of nitrogens with one attached hydrogen (secondary N) is 1. The van der Waals surface area contributed by atoms with Gasteiger partial charge in [0.2, 0.25) is 0 Å². The van der Waals surface area contributed by atoms with Crippen LogP contribution in [0.4, 0.5) is 28.0 Å². The van der Waals surface area contributed by atoms with E-state index in [1.807, 2.05) is 5.32 Å². The molecular weight excluding hydrogens is 330 g/mol. The van der Waals surface area contributed by atoms with Crippen molar-refractivity contribution in [1.29, 1.82) is 0 Å². The molecule has 0 heterocycles. The molecule has 1 amide bonds. The molecule has 4 nitrogen and oxygen atoms in total. The number of amides is 1. The van der Waals surface area contributed by atoms with Crippen molar-refractivity contribution in [2.45, 2.75) is 12.8 Å². The normalized spacial score (nSPS) is 11.0. The van der Waals surface area contributed by atoms with Gasteiger partial charge >= 0.3 is 12.3 Å². The lowest BCUT2D eigenvalue weighted by Gasteiger charge is -2.13. The van der Waals surface area contributed by atoms with E-state index >= 15 is 0 Å². The first kappa shape index (κ1) is 17.5. The maximum atomic E-state index is 13.6. The number of hydrogen-bond acceptors (Lipinski definition) is 3. The van der Waals surface area contributed by atoms with Crippen LogP contribution in [-0.4, -0.2) is 12.4 Å². The standard InChI is InChI=1S/C16H11F4NO3/c17-14-11(8-22)6-12(7-13(14)16(18,19)20)21-15(23)24-9-10-4-2-1-3-5-10/h1-8H,9H2,(H,21,23). The maximum absolute atomic E-state index is 13.6. The van der Waals surface area contributed by atoms with Crippen LogP contribution in [0, 0.1) is 5.82 Å². The first-order chi connectivity index (χ1) is 11.3. The molecule has 0 saturated carbocycles. The molecule has 2 rings (SSSR count). The Balaban J connectivity index is 2.14. The molecule has 2 aromatic carbocycles. The second-order valence-corrected chi connectivity index (χ2v) is 4.73. The SMILES string of the molecule is O=Cc1cc(NC(=O)OCc2ccccc2)cc(C(F)(F)F)c1F. The molecule has 24 heavy (non-hydrogen) atoms. The van der Waals surface area contributed by atoms with Crippen LogP contribution >= 0.6 is 0 Å². The number of benzene rings is 2. The number of anilines is 1. The van der Waals surface area contributed by atoms with E-state index in [1.54, 1.807) is 30.3 Å². The van der Waals surface area contributed by atoms with E-state index in [1.165, 1.54) is 0 Å². The highest BCUT2D eigenvalue weighted by Crippen LogP contribution is 2.34. The van der Waals surface area contributed by atoms with Gasteiger partial charge in [-0.1, -0.05) is 30.3 Å². The molecule has 126 valence electrons. The molecule has 0 aromatic heterocycles. The molecule has 0 saturated heterocycles. The minimum atomic E-state index is -5.01. The summed E-state index contributed by atoms with van der Waals surface area (Å²) in [6.45, 7) is -0.0967. The zero-order chi connectivity index (χ0) is 17.7. The van der Waals surface area contributed by atoms with Crippen LogP contribution in [0.25, 0.3) is 0 Å². The smallest absolute Gasteiger partial charge is 0.419 e. The predicted molar refractivity (Wildman–Crippen MR) is 77.0 cm³/mol. The van der Waals surface area contributed by atoms with Crippen LogP contribution in [0.15, 0.2) is 42.5 Å². The summed E-state index contributed by atoms with van der Waals surface area (Å²) in [5.41, 5.74) is -2.19. The van der Waals surface area contributed by atoms with Gasteiger partial charge in [0.05, 0.1) is 11.1 Å². The topological polar surface area (TPSA) is 55.4 Å². The Morgan fingerprint density at radius 2 is 1.83 bits per heavy atom. The third kappa shape index (κ3) is 4.31. The summed E-state index contributed by atoms with van der Waals surface area (Å²) in [4.78, 5) is 22.3. The third-order valence-corrected chi connectivity index (χ3v) is 2.99. The van der Waals surface area contributed by atoms with Crippen LogP contribution in [0.5, 0.6) is 0 Å². The fourth-order valence-electron chi connectivity index (χ4n) is 1.89. The number of ether oxygens (including phenoxy) is 1. The van der Waals surface area contributed by atoms with E-state index in [4.69, 9.17) is 4.74 Å². The Hall–Kier alpha value is -2.90. The molecule has 2 aromatic rings. The lowest BCUT2D eigenvalue weighted by atomic mass is 10.1. The van der Waals surface area contributed by atoms with Crippen molar-refractivity contribution in [3.05, 3.63) is 65.0 Å². The molecule has 0 radical (unpaired) electrons. The molecule has 0 fully saturated rings. The number of carbonyl (C=O) groups excluding carboxylic acids is 2. The molecule has 0 aliphatic heterocycles. The van der Waals surface area contributed by atoms with Crippen molar-refractivity contribution in [3.63, 3.8) is 0 Å². The summed E-state index contributed by atoms with van der Waals surface area (Å²) in [6, 6.07) is 9.79. The summed E-state index contributed by atoms with van der Waals surface area (Å²) >= 11 is 0. The van der Waals surface area contributed by atoms with Crippen LogP contribution in [0.1, 0.15) is 21.5 Å². The highest BCUT2D eigenvalue weighted by molar-refractivity contribution is 5.87. The number of carbonyl (C=O) groups is 2. The molecule has 8 heteroatoms. The monoisotopic (exact) mass is 341 g/mol. The largest absolute Gasteiger partial charge is 0.444 e. The molecule has 0 spiro atoms. The van der Waals surface area contributed by atoms with Crippen LogP contribution in [0.2, 0.25) is 0 Å². The van der Waals surface area contributed by atoms with Crippen molar-refractivity contribution < 1.29 is 31.9 Å². The van der Waals surface area contributed by atoms with E-state index in [2.05, 4.69) is 0 Å². The highest BCUT2D eigenvalue weighted by Gasteiger charge is 2.35. The van der Waals surface area contributed by atoms with Crippen LogP contribution < -0.4 is 5.32 Å². The fraction of sp³-hybridized carbons (Fsp3) is 0.125. The van der Waals surface area contributed by atoms with Crippen molar-refractivity contribution in [2.75, 3.05) is 5.32 Å². The van der Waals surface area contributed by atoms with Crippen LogP contribution in [-0.2, 0) is 17.5 Å². The maximum Gasteiger partial charge on any atom is 0.419 e. The van der Waals surface area contributed by atoms with Gasteiger partial charge in [0.25, 0.3) is 0 Å². The molecular formula is C16H11F4NO3. The second kappa shape index (κ2) is 7.12. The van der Waals surface area contributed by atoms with Gasteiger partial charge in [-0.25, -0.2) is 9.18 Å². The number of halogens is 4. The minimum Gasteiger partial charge on any atom is -0.444 e. The van der Waals surface area contributed by atoms with Crippen molar-refractivity contribution in [3.8, 4) is 0 Å². The summed E-state index contributed by atoms with van der Waals surface area (Å²) < 4.78 is 56.7. The first-order valence-electron chi connectivity index (χ1n) is 6.65. The van der Waals surface area contributed by atoms with Crippen LogP contribution in [0.3, 0.4) is 0 Å². The molecule has 0 bridgehead atoms. The molecule has 0 aliphatic rings. The summed E-state index contributed by atoms with van der Waals surface area (Å²) in [5, 5.41) is 2.04. The predicted octanol–water partition coefficient (Wildman–Crippen LogP) is 4.41. The Morgan fingerprint density at radius 3 is 2.42 bits per heavy atom. The summed E-state index contributed by atoms with van der Waals surface area (Å²) in [6.07, 6.45) is -6.10. The molecule has 0 unspecified atom stereocenters. The lowest BCUT2D eigenvalue weighted by Crippen LogP contribution is -2.16. The zero-order valence-corrected chi connectivity index (χ0v) is 12.1. The average Bonchev–Trinajstić information content (AvgIpc) is 2.54. The van der Waals surface area contributed by atoms with Crippen molar-refractivity contribution in [1.82, 2.24) is 0 Å². The van der Waals surface area contributed by atoms with E-state index in [-0.39, 0.29) is 12.9 Å².